The molecule has 1 atom stereocenters. The predicted octanol–water partition coefficient (Wildman–Crippen LogP) is 3.27. The number of likely N-dealkylation sites (tertiary alicyclic amines) is 1. The highest BCUT2D eigenvalue weighted by Gasteiger charge is 2.45. The smallest absolute Gasteiger partial charge is 0.314 e. The fraction of sp³-hybridized carbons (Fsp3) is 0.393. The molecule has 2 aliphatic rings. The van der Waals surface area contributed by atoms with Crippen molar-refractivity contribution in [3.63, 3.8) is 0 Å². The molecule has 7 nitrogen and oxygen atoms in total. The van der Waals surface area contributed by atoms with Crippen LogP contribution < -0.4 is 5.73 Å². The fourth-order valence-electron chi connectivity index (χ4n) is 5.85. The largest absolute Gasteiger partial charge is 0.465 e. The van der Waals surface area contributed by atoms with Crippen LogP contribution >= 0.6 is 0 Å². The van der Waals surface area contributed by atoms with E-state index in [1.165, 1.54) is 11.1 Å². The summed E-state index contributed by atoms with van der Waals surface area (Å²) < 4.78 is 7.45. The standard InChI is InChI=1S/C28H32N4O3/c1-2-35-26(34)22(20-8-4-3-5-9-20)19-31-16-13-28(14-17-31)23-11-7-6-10-21(23)12-15-32-24(25(29)33)18-30-27(28)32/h3-11,18,22H,2,12-17,19H2,1H3,(H2,29,33). The molecular formula is C28H32N4O3. The molecule has 2 aromatic carbocycles. The summed E-state index contributed by atoms with van der Waals surface area (Å²) in [7, 11) is 0. The Morgan fingerprint density at radius 2 is 1.77 bits per heavy atom. The molecule has 1 saturated heterocycles. The van der Waals surface area contributed by atoms with Crippen LogP contribution in [0.5, 0.6) is 0 Å². The van der Waals surface area contributed by atoms with Crippen molar-refractivity contribution in [2.24, 2.45) is 5.73 Å². The maximum absolute atomic E-state index is 12.8. The minimum atomic E-state index is -0.442. The van der Waals surface area contributed by atoms with Gasteiger partial charge in [-0.1, -0.05) is 54.6 Å². The number of nitrogens with zero attached hydrogens (tertiary/aromatic N) is 3. The summed E-state index contributed by atoms with van der Waals surface area (Å²) in [6.45, 7) is 5.14. The number of piperidine rings is 1. The molecule has 0 saturated carbocycles. The lowest BCUT2D eigenvalue weighted by Gasteiger charge is -2.42. The maximum Gasteiger partial charge on any atom is 0.314 e. The highest BCUT2D eigenvalue weighted by atomic mass is 16.5. The van der Waals surface area contributed by atoms with E-state index in [0.717, 1.165) is 43.7 Å². The van der Waals surface area contributed by atoms with Crippen molar-refractivity contribution in [3.05, 3.63) is 89.0 Å². The van der Waals surface area contributed by atoms with E-state index in [1.807, 2.05) is 41.8 Å². The first-order valence-corrected chi connectivity index (χ1v) is 12.4. The Balaban J connectivity index is 1.44. The Labute approximate surface area is 205 Å². The summed E-state index contributed by atoms with van der Waals surface area (Å²) in [5.41, 5.74) is 9.45. The molecule has 5 rings (SSSR count). The number of fused-ring (bicyclic) bond motifs is 4. The average molecular weight is 473 g/mol. The van der Waals surface area contributed by atoms with Gasteiger partial charge < -0.3 is 19.9 Å². The van der Waals surface area contributed by atoms with Crippen molar-refractivity contribution in [1.29, 1.82) is 0 Å². The third-order valence-electron chi connectivity index (χ3n) is 7.60. The summed E-state index contributed by atoms with van der Waals surface area (Å²) in [5, 5.41) is 0. The van der Waals surface area contributed by atoms with Crippen molar-refractivity contribution >= 4 is 11.9 Å². The Kier molecular flexibility index (Phi) is 6.43. The average Bonchev–Trinajstić information content (AvgIpc) is 3.27. The number of imidazole rings is 1. The molecule has 182 valence electrons. The molecule has 0 aliphatic carbocycles. The molecule has 3 aromatic rings. The van der Waals surface area contributed by atoms with Gasteiger partial charge in [0.15, 0.2) is 0 Å². The lowest BCUT2D eigenvalue weighted by molar-refractivity contribution is -0.145. The Bertz CT molecular complexity index is 1210. The second-order valence-electron chi connectivity index (χ2n) is 9.49. The van der Waals surface area contributed by atoms with Crippen LogP contribution in [0.2, 0.25) is 0 Å². The van der Waals surface area contributed by atoms with Crippen LogP contribution in [-0.2, 0) is 27.9 Å². The van der Waals surface area contributed by atoms with Gasteiger partial charge in [-0.25, -0.2) is 4.98 Å². The van der Waals surface area contributed by atoms with Crippen LogP contribution in [0.1, 0.15) is 58.7 Å². The zero-order chi connectivity index (χ0) is 24.4. The van der Waals surface area contributed by atoms with Crippen molar-refractivity contribution in [3.8, 4) is 0 Å². The minimum Gasteiger partial charge on any atom is -0.465 e. The molecule has 1 aromatic heterocycles. The van der Waals surface area contributed by atoms with Crippen LogP contribution in [0.3, 0.4) is 0 Å². The number of benzene rings is 2. The Hall–Kier alpha value is -3.45. The van der Waals surface area contributed by atoms with Crippen molar-refractivity contribution in [2.75, 3.05) is 26.2 Å². The zero-order valence-electron chi connectivity index (χ0n) is 20.2. The Morgan fingerprint density at radius 3 is 2.49 bits per heavy atom. The van der Waals surface area contributed by atoms with Gasteiger partial charge in [-0.15, -0.1) is 0 Å². The van der Waals surface area contributed by atoms with Gasteiger partial charge in [0.1, 0.15) is 11.5 Å². The number of carbonyl (C=O) groups excluding carboxylic acids is 2. The van der Waals surface area contributed by atoms with E-state index in [9.17, 15) is 9.59 Å². The summed E-state index contributed by atoms with van der Waals surface area (Å²) in [4.78, 5) is 32.1. The molecule has 1 fully saturated rings. The number of primary amides is 1. The molecular weight excluding hydrogens is 440 g/mol. The van der Waals surface area contributed by atoms with E-state index in [2.05, 4.69) is 29.2 Å². The van der Waals surface area contributed by atoms with E-state index in [1.54, 1.807) is 6.20 Å². The van der Waals surface area contributed by atoms with Crippen LogP contribution in [0, 0.1) is 0 Å². The summed E-state index contributed by atoms with van der Waals surface area (Å²) in [6.07, 6.45) is 4.17. The SMILES string of the molecule is CCOC(=O)C(CN1CCC2(CC1)c1ccccc1CCn1c(C(N)=O)cnc12)c1ccccc1. The lowest BCUT2D eigenvalue weighted by Crippen LogP contribution is -2.46. The predicted molar refractivity (Wildman–Crippen MR) is 133 cm³/mol. The van der Waals surface area contributed by atoms with E-state index in [-0.39, 0.29) is 17.3 Å². The van der Waals surface area contributed by atoms with Gasteiger partial charge in [0.2, 0.25) is 0 Å². The first-order valence-electron chi connectivity index (χ1n) is 12.4. The topological polar surface area (TPSA) is 90.5 Å². The molecule has 1 spiro atoms. The molecule has 0 radical (unpaired) electrons. The number of aryl methyl sites for hydroxylation is 1. The van der Waals surface area contributed by atoms with Crippen LogP contribution in [0.4, 0.5) is 0 Å². The number of esters is 1. The van der Waals surface area contributed by atoms with E-state index >= 15 is 0 Å². The number of aromatic nitrogens is 2. The van der Waals surface area contributed by atoms with Crippen molar-refractivity contribution < 1.29 is 14.3 Å². The number of carbonyl (C=O) groups is 2. The van der Waals surface area contributed by atoms with Crippen molar-refractivity contribution in [2.45, 2.75) is 44.1 Å². The van der Waals surface area contributed by atoms with Crippen LogP contribution in [0.15, 0.2) is 60.8 Å². The number of rotatable bonds is 6. The lowest BCUT2D eigenvalue weighted by atomic mass is 9.70. The monoisotopic (exact) mass is 472 g/mol. The second-order valence-corrected chi connectivity index (χ2v) is 9.49. The number of nitrogens with two attached hydrogens (primary N) is 1. The third-order valence-corrected chi connectivity index (χ3v) is 7.60. The fourth-order valence-corrected chi connectivity index (χ4v) is 5.85. The highest BCUT2D eigenvalue weighted by molar-refractivity contribution is 5.91. The van der Waals surface area contributed by atoms with E-state index < -0.39 is 5.91 Å². The van der Waals surface area contributed by atoms with Gasteiger partial charge in [-0.05, 0) is 56.0 Å². The van der Waals surface area contributed by atoms with Gasteiger partial charge in [0, 0.05) is 13.1 Å². The van der Waals surface area contributed by atoms with Gasteiger partial charge in [-0.3, -0.25) is 9.59 Å². The molecule has 3 heterocycles. The van der Waals surface area contributed by atoms with Gasteiger partial charge >= 0.3 is 5.97 Å². The summed E-state index contributed by atoms with van der Waals surface area (Å²) >= 11 is 0. The van der Waals surface area contributed by atoms with Crippen LogP contribution in [0.25, 0.3) is 0 Å². The number of ether oxygens (including phenoxy) is 1. The molecule has 1 unspecified atom stereocenters. The van der Waals surface area contributed by atoms with E-state index in [0.29, 0.717) is 25.4 Å². The van der Waals surface area contributed by atoms with E-state index in [4.69, 9.17) is 15.5 Å². The van der Waals surface area contributed by atoms with Gasteiger partial charge in [-0.2, -0.15) is 0 Å². The molecule has 7 heteroatoms. The first-order chi connectivity index (χ1) is 17.0. The quantitative estimate of drug-likeness (QED) is 0.556. The highest BCUT2D eigenvalue weighted by Crippen LogP contribution is 2.45. The number of amides is 1. The summed E-state index contributed by atoms with van der Waals surface area (Å²) in [6, 6.07) is 18.4. The number of hydrogen-bond donors (Lipinski definition) is 1. The molecule has 2 N–H and O–H groups in total. The zero-order valence-corrected chi connectivity index (χ0v) is 20.2. The minimum absolute atomic E-state index is 0.180. The number of hydrogen-bond acceptors (Lipinski definition) is 5. The van der Waals surface area contributed by atoms with Gasteiger partial charge in [0.05, 0.1) is 24.1 Å². The first kappa shape index (κ1) is 23.3. The second kappa shape index (κ2) is 9.66. The Morgan fingerprint density at radius 1 is 1.06 bits per heavy atom. The van der Waals surface area contributed by atoms with Crippen LogP contribution in [-0.4, -0.2) is 52.6 Å². The normalized spacial score (nSPS) is 17.7. The van der Waals surface area contributed by atoms with Gasteiger partial charge in [0.25, 0.3) is 5.91 Å². The third kappa shape index (κ3) is 4.25. The molecule has 0 bridgehead atoms. The maximum atomic E-state index is 12.8. The summed E-state index contributed by atoms with van der Waals surface area (Å²) in [5.74, 6) is -0.0150. The molecule has 35 heavy (non-hydrogen) atoms. The van der Waals surface area contributed by atoms with Crippen molar-refractivity contribution in [1.82, 2.24) is 14.5 Å². The molecule has 1 amide bonds. The molecule has 2 aliphatic heterocycles.